The predicted molar refractivity (Wildman–Crippen MR) is 79.4 cm³/mol. The molecule has 1 aliphatic rings. The molecule has 0 radical (unpaired) electrons. The average Bonchev–Trinajstić information content (AvgIpc) is 2.47. The van der Waals surface area contributed by atoms with Gasteiger partial charge in [0.2, 0.25) is 0 Å². The van der Waals surface area contributed by atoms with Gasteiger partial charge >= 0.3 is 0 Å². The summed E-state index contributed by atoms with van der Waals surface area (Å²) in [5.74, 6) is 1.87. The van der Waals surface area contributed by atoms with Gasteiger partial charge in [0.1, 0.15) is 11.5 Å². The molecule has 0 spiro atoms. The average molecular weight is 283 g/mol. The standard InChI is InChI=1S/C16H17N3O2/c20-16(19-10-12-8-18-9-12)13-3-5-14(6-4-13)21-15-2-1-7-17-11-15/h1-7,11-12,18H,8-10H2,(H,19,20). The van der Waals surface area contributed by atoms with Crippen LogP contribution in [0.3, 0.4) is 0 Å². The van der Waals surface area contributed by atoms with Crippen molar-refractivity contribution in [1.29, 1.82) is 0 Å². The van der Waals surface area contributed by atoms with Crippen LogP contribution in [-0.4, -0.2) is 30.5 Å². The number of carbonyl (C=O) groups excluding carboxylic acids is 1. The van der Waals surface area contributed by atoms with E-state index in [4.69, 9.17) is 4.74 Å². The highest BCUT2D eigenvalue weighted by Crippen LogP contribution is 2.20. The molecule has 0 aliphatic carbocycles. The van der Waals surface area contributed by atoms with Gasteiger partial charge in [-0.2, -0.15) is 0 Å². The van der Waals surface area contributed by atoms with Crippen LogP contribution in [0.1, 0.15) is 10.4 Å². The second-order valence-electron chi connectivity index (χ2n) is 5.05. The summed E-state index contributed by atoms with van der Waals surface area (Å²) in [6.07, 6.45) is 3.34. The zero-order chi connectivity index (χ0) is 14.5. The van der Waals surface area contributed by atoms with Crippen molar-refractivity contribution in [2.45, 2.75) is 0 Å². The molecule has 2 aromatic rings. The zero-order valence-corrected chi connectivity index (χ0v) is 11.6. The fourth-order valence-electron chi connectivity index (χ4n) is 2.05. The fourth-order valence-corrected chi connectivity index (χ4v) is 2.05. The molecule has 3 rings (SSSR count). The van der Waals surface area contributed by atoms with Crippen LogP contribution in [0.4, 0.5) is 0 Å². The molecule has 1 amide bonds. The smallest absolute Gasteiger partial charge is 0.251 e. The number of benzene rings is 1. The molecule has 5 heteroatoms. The molecule has 21 heavy (non-hydrogen) atoms. The first-order valence-corrected chi connectivity index (χ1v) is 6.98. The van der Waals surface area contributed by atoms with Gasteiger partial charge in [-0.15, -0.1) is 0 Å². The fraction of sp³-hybridized carbons (Fsp3) is 0.250. The Hall–Kier alpha value is -2.40. The Morgan fingerprint density at radius 2 is 2.05 bits per heavy atom. The molecule has 2 N–H and O–H groups in total. The predicted octanol–water partition coefficient (Wildman–Crippen LogP) is 1.82. The van der Waals surface area contributed by atoms with Crippen LogP contribution in [-0.2, 0) is 0 Å². The first-order chi connectivity index (χ1) is 10.3. The topological polar surface area (TPSA) is 63.2 Å². The third-order valence-electron chi connectivity index (χ3n) is 3.40. The maximum absolute atomic E-state index is 12.0. The van der Waals surface area contributed by atoms with E-state index in [1.165, 1.54) is 0 Å². The maximum Gasteiger partial charge on any atom is 0.251 e. The van der Waals surface area contributed by atoms with E-state index >= 15 is 0 Å². The number of hydrogen-bond acceptors (Lipinski definition) is 4. The normalized spacial score (nSPS) is 14.3. The Bertz CT molecular complexity index is 595. The van der Waals surface area contributed by atoms with Crippen LogP contribution in [0.15, 0.2) is 48.8 Å². The molecule has 0 bridgehead atoms. The molecule has 1 aromatic carbocycles. The van der Waals surface area contributed by atoms with Gasteiger partial charge in [-0.1, -0.05) is 0 Å². The van der Waals surface area contributed by atoms with Crippen molar-refractivity contribution in [1.82, 2.24) is 15.6 Å². The molecule has 0 atom stereocenters. The number of aromatic nitrogens is 1. The summed E-state index contributed by atoms with van der Waals surface area (Å²) >= 11 is 0. The van der Waals surface area contributed by atoms with E-state index in [1.807, 2.05) is 12.1 Å². The summed E-state index contributed by atoms with van der Waals surface area (Å²) in [5.41, 5.74) is 0.640. The van der Waals surface area contributed by atoms with E-state index in [-0.39, 0.29) is 5.91 Å². The molecule has 0 saturated carbocycles. The molecule has 108 valence electrons. The lowest BCUT2D eigenvalue weighted by Gasteiger charge is -2.27. The van der Waals surface area contributed by atoms with Gasteiger partial charge in [0.15, 0.2) is 0 Å². The number of hydrogen-bond donors (Lipinski definition) is 2. The number of ether oxygens (including phenoxy) is 1. The Kier molecular flexibility index (Phi) is 4.12. The van der Waals surface area contributed by atoms with Crippen molar-refractivity contribution in [3.8, 4) is 11.5 Å². The minimum Gasteiger partial charge on any atom is -0.456 e. The van der Waals surface area contributed by atoms with E-state index in [2.05, 4.69) is 15.6 Å². The van der Waals surface area contributed by atoms with Crippen LogP contribution in [0, 0.1) is 5.92 Å². The summed E-state index contributed by atoms with van der Waals surface area (Å²) in [7, 11) is 0. The summed E-state index contributed by atoms with van der Waals surface area (Å²) in [6, 6.07) is 10.7. The van der Waals surface area contributed by atoms with E-state index in [0.717, 1.165) is 19.6 Å². The van der Waals surface area contributed by atoms with Crippen LogP contribution < -0.4 is 15.4 Å². The van der Waals surface area contributed by atoms with Crippen LogP contribution >= 0.6 is 0 Å². The van der Waals surface area contributed by atoms with Crippen molar-refractivity contribution in [3.05, 3.63) is 54.4 Å². The number of pyridine rings is 1. The van der Waals surface area contributed by atoms with Crippen LogP contribution in [0.5, 0.6) is 11.5 Å². The summed E-state index contributed by atoms with van der Waals surface area (Å²) < 4.78 is 5.64. The first kappa shape index (κ1) is 13.6. The second-order valence-corrected chi connectivity index (χ2v) is 5.05. The zero-order valence-electron chi connectivity index (χ0n) is 11.6. The maximum atomic E-state index is 12.0. The first-order valence-electron chi connectivity index (χ1n) is 6.98. The van der Waals surface area contributed by atoms with Gasteiger partial charge in [-0.05, 0) is 36.4 Å². The number of rotatable bonds is 5. The highest BCUT2D eigenvalue weighted by atomic mass is 16.5. The molecular formula is C16H17N3O2. The largest absolute Gasteiger partial charge is 0.456 e. The van der Waals surface area contributed by atoms with Crippen LogP contribution in [0.25, 0.3) is 0 Å². The quantitative estimate of drug-likeness (QED) is 0.878. The van der Waals surface area contributed by atoms with Gasteiger partial charge in [0, 0.05) is 37.3 Å². The molecule has 2 heterocycles. The highest BCUT2D eigenvalue weighted by Gasteiger charge is 2.17. The minimum atomic E-state index is -0.0465. The van der Waals surface area contributed by atoms with Gasteiger partial charge in [0.25, 0.3) is 5.91 Å². The van der Waals surface area contributed by atoms with Gasteiger partial charge in [-0.3, -0.25) is 9.78 Å². The number of nitrogens with one attached hydrogen (secondary N) is 2. The highest BCUT2D eigenvalue weighted by molar-refractivity contribution is 5.94. The molecule has 1 fully saturated rings. The Balaban J connectivity index is 1.56. The van der Waals surface area contributed by atoms with Crippen LogP contribution in [0.2, 0.25) is 0 Å². The molecule has 5 nitrogen and oxygen atoms in total. The van der Waals surface area contributed by atoms with Crippen molar-refractivity contribution >= 4 is 5.91 Å². The molecule has 1 aliphatic heterocycles. The van der Waals surface area contributed by atoms with Gasteiger partial charge < -0.3 is 15.4 Å². The lowest BCUT2D eigenvalue weighted by Crippen LogP contribution is -2.48. The molecule has 0 unspecified atom stereocenters. The van der Waals surface area contributed by atoms with Crippen molar-refractivity contribution in [2.75, 3.05) is 19.6 Å². The van der Waals surface area contributed by atoms with Crippen molar-refractivity contribution < 1.29 is 9.53 Å². The number of nitrogens with zero attached hydrogens (tertiary/aromatic N) is 1. The Morgan fingerprint density at radius 3 is 2.67 bits per heavy atom. The lowest BCUT2D eigenvalue weighted by molar-refractivity contribution is 0.0942. The summed E-state index contributed by atoms with van der Waals surface area (Å²) in [4.78, 5) is 16.0. The number of carbonyl (C=O) groups is 1. The summed E-state index contributed by atoms with van der Waals surface area (Å²) in [6.45, 7) is 2.69. The van der Waals surface area contributed by atoms with E-state index in [9.17, 15) is 4.79 Å². The molecule has 1 aromatic heterocycles. The van der Waals surface area contributed by atoms with E-state index in [0.29, 0.717) is 23.0 Å². The van der Waals surface area contributed by atoms with Crippen molar-refractivity contribution in [3.63, 3.8) is 0 Å². The van der Waals surface area contributed by atoms with Gasteiger partial charge in [-0.25, -0.2) is 0 Å². The SMILES string of the molecule is O=C(NCC1CNC1)c1ccc(Oc2cccnc2)cc1. The monoisotopic (exact) mass is 283 g/mol. The third kappa shape index (κ3) is 3.58. The Labute approximate surface area is 123 Å². The molecule has 1 saturated heterocycles. The Morgan fingerprint density at radius 1 is 1.24 bits per heavy atom. The van der Waals surface area contributed by atoms with E-state index < -0.39 is 0 Å². The summed E-state index contributed by atoms with van der Waals surface area (Å²) in [5, 5.41) is 6.12. The third-order valence-corrected chi connectivity index (χ3v) is 3.40. The number of amides is 1. The molecular weight excluding hydrogens is 266 g/mol. The second kappa shape index (κ2) is 6.37. The van der Waals surface area contributed by atoms with Crippen molar-refractivity contribution in [2.24, 2.45) is 5.92 Å². The lowest BCUT2D eigenvalue weighted by atomic mass is 10.0. The minimum absolute atomic E-state index is 0.0465. The van der Waals surface area contributed by atoms with E-state index in [1.54, 1.807) is 36.7 Å². The van der Waals surface area contributed by atoms with Gasteiger partial charge in [0.05, 0.1) is 6.20 Å².